The van der Waals surface area contributed by atoms with Crippen molar-refractivity contribution in [2.45, 2.75) is 25.9 Å². The Hall–Kier alpha value is -1.46. The van der Waals surface area contributed by atoms with Crippen LogP contribution in [0.5, 0.6) is 11.5 Å². The normalized spacial score (nSPS) is 23.2. The van der Waals surface area contributed by atoms with Crippen molar-refractivity contribution in [3.05, 3.63) is 17.7 Å². The minimum absolute atomic E-state index is 0.600. The molecule has 2 aliphatic heterocycles. The van der Waals surface area contributed by atoms with Gasteiger partial charge in [0, 0.05) is 44.0 Å². The van der Waals surface area contributed by atoms with Crippen LogP contribution in [-0.4, -0.2) is 55.7 Å². The third-order valence-corrected chi connectivity index (χ3v) is 4.53. The lowest BCUT2D eigenvalue weighted by atomic mass is 10.1. The van der Waals surface area contributed by atoms with Crippen LogP contribution in [0, 0.1) is 0 Å². The van der Waals surface area contributed by atoms with Crippen molar-refractivity contribution in [1.82, 2.24) is 9.80 Å². The molecule has 2 N–H and O–H groups in total. The van der Waals surface area contributed by atoms with Crippen molar-refractivity contribution in [1.29, 1.82) is 0 Å². The minimum Gasteiger partial charge on any atom is -0.486 e. The first-order chi connectivity index (χ1) is 10.2. The number of nitrogens with two attached hydrogens (primary N) is 1. The number of benzene rings is 1. The zero-order chi connectivity index (χ0) is 14.8. The summed E-state index contributed by atoms with van der Waals surface area (Å²) in [4.78, 5) is 4.93. The van der Waals surface area contributed by atoms with E-state index in [1.807, 2.05) is 12.1 Å². The molecule has 1 aromatic rings. The predicted molar refractivity (Wildman–Crippen MR) is 83.8 cm³/mol. The minimum atomic E-state index is 0.600. The van der Waals surface area contributed by atoms with Gasteiger partial charge in [0.25, 0.3) is 0 Å². The Morgan fingerprint density at radius 1 is 1.19 bits per heavy atom. The average Bonchev–Trinajstić information content (AvgIpc) is 2.50. The van der Waals surface area contributed by atoms with Gasteiger partial charge in [0.1, 0.15) is 13.2 Å². The number of hydrogen-bond donors (Lipinski definition) is 1. The van der Waals surface area contributed by atoms with E-state index < -0.39 is 0 Å². The average molecular weight is 291 g/mol. The second-order valence-corrected chi connectivity index (χ2v) is 5.97. The number of anilines is 1. The van der Waals surface area contributed by atoms with Crippen LogP contribution in [0.3, 0.4) is 0 Å². The molecule has 1 atom stereocenters. The molecule has 0 bridgehead atoms. The zero-order valence-electron chi connectivity index (χ0n) is 13.0. The fourth-order valence-corrected chi connectivity index (χ4v) is 3.12. The molecule has 2 heterocycles. The number of likely N-dealkylation sites (N-methyl/N-ethyl adjacent to an activating group) is 1. The van der Waals surface area contributed by atoms with Crippen molar-refractivity contribution in [2.24, 2.45) is 0 Å². The Morgan fingerprint density at radius 2 is 1.90 bits per heavy atom. The van der Waals surface area contributed by atoms with Crippen LogP contribution in [0.25, 0.3) is 0 Å². The summed E-state index contributed by atoms with van der Waals surface area (Å²) in [6.45, 7) is 7.64. The second kappa shape index (κ2) is 6.12. The summed E-state index contributed by atoms with van der Waals surface area (Å²) in [5.41, 5.74) is 8.12. The van der Waals surface area contributed by atoms with Crippen molar-refractivity contribution in [3.63, 3.8) is 0 Å². The van der Waals surface area contributed by atoms with Crippen LogP contribution in [0.15, 0.2) is 12.1 Å². The summed E-state index contributed by atoms with van der Waals surface area (Å²) < 4.78 is 11.2. The molecule has 1 fully saturated rings. The van der Waals surface area contributed by atoms with Gasteiger partial charge >= 0.3 is 0 Å². The van der Waals surface area contributed by atoms with Gasteiger partial charge in [-0.25, -0.2) is 0 Å². The molecule has 0 amide bonds. The number of piperazine rings is 1. The highest BCUT2D eigenvalue weighted by atomic mass is 16.6. The molecule has 0 saturated carbocycles. The van der Waals surface area contributed by atoms with E-state index in [2.05, 4.69) is 23.8 Å². The Labute approximate surface area is 126 Å². The SMILES string of the molecule is CCC1CN(Cc2cc3c(cc2N)OCCO3)CCN1C. The van der Waals surface area contributed by atoms with Gasteiger partial charge in [0.05, 0.1) is 0 Å². The lowest BCUT2D eigenvalue weighted by Gasteiger charge is -2.39. The molecule has 0 spiro atoms. The van der Waals surface area contributed by atoms with Crippen LogP contribution in [0.4, 0.5) is 5.69 Å². The van der Waals surface area contributed by atoms with Gasteiger partial charge in [0.15, 0.2) is 11.5 Å². The Bertz CT molecular complexity index is 507. The second-order valence-electron chi connectivity index (χ2n) is 5.97. The topological polar surface area (TPSA) is 51.0 Å². The molecule has 3 rings (SSSR count). The Balaban J connectivity index is 1.72. The molecule has 5 nitrogen and oxygen atoms in total. The smallest absolute Gasteiger partial charge is 0.163 e. The van der Waals surface area contributed by atoms with Gasteiger partial charge in [0.2, 0.25) is 0 Å². The van der Waals surface area contributed by atoms with Gasteiger partial charge < -0.3 is 20.1 Å². The number of nitrogens with zero attached hydrogens (tertiary/aromatic N) is 2. The summed E-state index contributed by atoms with van der Waals surface area (Å²) in [6, 6.07) is 4.58. The van der Waals surface area contributed by atoms with E-state index in [0.29, 0.717) is 19.3 Å². The Morgan fingerprint density at radius 3 is 2.62 bits per heavy atom. The molecule has 2 aliphatic rings. The monoisotopic (exact) mass is 291 g/mol. The summed E-state index contributed by atoms with van der Waals surface area (Å²) >= 11 is 0. The molecule has 5 heteroatoms. The molecule has 116 valence electrons. The summed E-state index contributed by atoms with van der Waals surface area (Å²) in [5, 5.41) is 0. The highest BCUT2D eigenvalue weighted by Crippen LogP contribution is 2.35. The van der Waals surface area contributed by atoms with Crippen LogP contribution >= 0.6 is 0 Å². The first-order valence-corrected chi connectivity index (χ1v) is 7.78. The van der Waals surface area contributed by atoms with E-state index in [1.165, 1.54) is 6.42 Å². The van der Waals surface area contributed by atoms with Crippen molar-refractivity contribution in [3.8, 4) is 11.5 Å². The van der Waals surface area contributed by atoms with Crippen LogP contribution in [-0.2, 0) is 6.54 Å². The fourth-order valence-electron chi connectivity index (χ4n) is 3.12. The summed E-state index contributed by atoms with van der Waals surface area (Å²) in [7, 11) is 2.21. The molecular formula is C16H25N3O2. The van der Waals surface area contributed by atoms with Crippen LogP contribution in [0.2, 0.25) is 0 Å². The van der Waals surface area contributed by atoms with E-state index >= 15 is 0 Å². The first kappa shape index (κ1) is 14.5. The van der Waals surface area contributed by atoms with Gasteiger partial charge in [-0.3, -0.25) is 4.90 Å². The van der Waals surface area contributed by atoms with Gasteiger partial charge in [-0.15, -0.1) is 0 Å². The number of rotatable bonds is 3. The number of fused-ring (bicyclic) bond motifs is 1. The fraction of sp³-hybridized carbons (Fsp3) is 0.625. The zero-order valence-corrected chi connectivity index (χ0v) is 13.0. The van der Waals surface area contributed by atoms with E-state index in [0.717, 1.165) is 48.9 Å². The molecule has 1 saturated heterocycles. The molecule has 0 aliphatic carbocycles. The van der Waals surface area contributed by atoms with E-state index in [1.54, 1.807) is 0 Å². The predicted octanol–water partition coefficient (Wildman–Crippen LogP) is 1.57. The summed E-state index contributed by atoms with van der Waals surface area (Å²) in [6.07, 6.45) is 1.18. The first-order valence-electron chi connectivity index (χ1n) is 7.78. The van der Waals surface area contributed by atoms with E-state index in [9.17, 15) is 0 Å². The summed E-state index contributed by atoms with van der Waals surface area (Å²) in [5.74, 6) is 1.60. The van der Waals surface area contributed by atoms with Crippen LogP contribution in [0.1, 0.15) is 18.9 Å². The standard InChI is InChI=1S/C16H25N3O2/c1-3-13-11-19(5-4-18(13)2)10-12-8-15-16(9-14(12)17)21-7-6-20-15/h8-9,13H,3-7,10-11,17H2,1-2H3. The Kier molecular flexibility index (Phi) is 4.22. The van der Waals surface area contributed by atoms with Gasteiger partial charge in [-0.1, -0.05) is 6.92 Å². The lowest BCUT2D eigenvalue weighted by molar-refractivity contribution is 0.0883. The molecule has 21 heavy (non-hydrogen) atoms. The highest BCUT2D eigenvalue weighted by Gasteiger charge is 2.24. The molecular weight excluding hydrogens is 266 g/mol. The number of nitrogen functional groups attached to an aromatic ring is 1. The van der Waals surface area contributed by atoms with Gasteiger partial charge in [-0.05, 0) is 25.1 Å². The molecule has 1 unspecified atom stereocenters. The van der Waals surface area contributed by atoms with Crippen molar-refractivity contribution in [2.75, 3.05) is 45.6 Å². The quantitative estimate of drug-likeness (QED) is 0.857. The largest absolute Gasteiger partial charge is 0.486 e. The van der Waals surface area contributed by atoms with Crippen LogP contribution < -0.4 is 15.2 Å². The molecule has 1 aromatic carbocycles. The highest BCUT2D eigenvalue weighted by molar-refractivity contribution is 5.58. The number of ether oxygens (including phenoxy) is 2. The van der Waals surface area contributed by atoms with Gasteiger partial charge in [-0.2, -0.15) is 0 Å². The molecule has 0 radical (unpaired) electrons. The maximum absolute atomic E-state index is 6.18. The van der Waals surface area contributed by atoms with Crippen molar-refractivity contribution < 1.29 is 9.47 Å². The third-order valence-electron chi connectivity index (χ3n) is 4.53. The molecule has 0 aromatic heterocycles. The van der Waals surface area contributed by atoms with E-state index in [-0.39, 0.29) is 0 Å². The number of hydrogen-bond acceptors (Lipinski definition) is 5. The van der Waals surface area contributed by atoms with Crippen molar-refractivity contribution >= 4 is 5.69 Å². The third kappa shape index (κ3) is 3.09. The maximum Gasteiger partial charge on any atom is 0.163 e. The maximum atomic E-state index is 6.18. The lowest BCUT2D eigenvalue weighted by Crippen LogP contribution is -2.50. The van der Waals surface area contributed by atoms with E-state index in [4.69, 9.17) is 15.2 Å².